The molecule has 0 fully saturated rings. The second kappa shape index (κ2) is 8.83. The number of pyridine rings is 1. The van der Waals surface area contributed by atoms with Gasteiger partial charge in [0.2, 0.25) is 5.91 Å². The number of hydrogen-bond donors (Lipinski definition) is 1. The van der Waals surface area contributed by atoms with Crippen molar-refractivity contribution in [2.24, 2.45) is 5.73 Å². The Balaban J connectivity index is 2.32. The first kappa shape index (κ1) is 19.2. The molecule has 0 aliphatic heterocycles. The first-order valence-corrected chi connectivity index (χ1v) is 8.87. The zero-order valence-corrected chi connectivity index (χ0v) is 15.7. The number of nitrogens with two attached hydrogens (primary N) is 1. The Morgan fingerprint density at radius 1 is 1.16 bits per heavy atom. The third-order valence-corrected chi connectivity index (χ3v) is 4.25. The molecule has 25 heavy (non-hydrogen) atoms. The van der Waals surface area contributed by atoms with Crippen molar-refractivity contribution in [1.29, 1.82) is 0 Å². The van der Waals surface area contributed by atoms with Crippen LogP contribution in [-0.2, 0) is 11.3 Å². The number of hydrogen-bond acceptors (Lipinski definition) is 4. The molecular weight excluding hydrogens is 336 g/mol. The summed E-state index contributed by atoms with van der Waals surface area (Å²) in [7, 11) is 0. The molecular formula is C19H25ClN4O. The van der Waals surface area contributed by atoms with Gasteiger partial charge in [-0.1, -0.05) is 17.7 Å². The number of amides is 1. The minimum atomic E-state index is -0.596. The maximum atomic E-state index is 12.6. The smallest absolute Gasteiger partial charge is 0.243 e. The third kappa shape index (κ3) is 4.94. The van der Waals surface area contributed by atoms with Crippen LogP contribution in [0.1, 0.15) is 26.5 Å². The van der Waals surface area contributed by atoms with Gasteiger partial charge in [0.15, 0.2) is 0 Å². The van der Waals surface area contributed by atoms with Crippen LogP contribution in [0.2, 0.25) is 5.02 Å². The Morgan fingerprint density at radius 3 is 2.36 bits per heavy atom. The normalized spacial score (nSPS) is 11.9. The maximum absolute atomic E-state index is 12.6. The molecule has 0 saturated carbocycles. The van der Waals surface area contributed by atoms with E-state index in [1.165, 1.54) is 0 Å². The first-order valence-electron chi connectivity index (χ1n) is 8.49. The molecule has 0 bridgehead atoms. The molecule has 0 radical (unpaired) electrons. The molecule has 0 spiro atoms. The molecule has 1 aromatic heterocycles. The van der Waals surface area contributed by atoms with Gasteiger partial charge < -0.3 is 15.5 Å². The minimum absolute atomic E-state index is 0.155. The Labute approximate surface area is 154 Å². The van der Waals surface area contributed by atoms with Gasteiger partial charge in [0.1, 0.15) is 5.82 Å². The van der Waals surface area contributed by atoms with Crippen LogP contribution in [0.15, 0.2) is 42.5 Å². The number of benzene rings is 1. The number of halogens is 1. The molecule has 2 aromatic rings. The standard InChI is InChI=1S/C19H25ClN4O/c1-4-23(5-2)18-8-6-7-16(22-18)13-24(19(25)14(3)21)17-11-9-15(20)10-12-17/h6-12,14H,4-5,13,21H2,1-3H3/t14-/m0/s1. The predicted molar refractivity (Wildman–Crippen MR) is 104 cm³/mol. The number of nitrogens with zero attached hydrogens (tertiary/aromatic N) is 3. The molecule has 0 unspecified atom stereocenters. The summed E-state index contributed by atoms with van der Waals surface area (Å²) in [6, 6.07) is 12.4. The van der Waals surface area contributed by atoms with Gasteiger partial charge in [-0.3, -0.25) is 4.79 Å². The summed E-state index contributed by atoms with van der Waals surface area (Å²) in [6.45, 7) is 8.00. The molecule has 134 valence electrons. The highest BCUT2D eigenvalue weighted by Crippen LogP contribution is 2.21. The van der Waals surface area contributed by atoms with Gasteiger partial charge in [0.05, 0.1) is 18.3 Å². The van der Waals surface area contributed by atoms with Crippen LogP contribution in [0, 0.1) is 0 Å². The Morgan fingerprint density at radius 2 is 1.80 bits per heavy atom. The monoisotopic (exact) mass is 360 g/mol. The lowest BCUT2D eigenvalue weighted by molar-refractivity contribution is -0.119. The van der Waals surface area contributed by atoms with E-state index in [-0.39, 0.29) is 5.91 Å². The van der Waals surface area contributed by atoms with E-state index in [9.17, 15) is 4.79 Å². The van der Waals surface area contributed by atoms with E-state index >= 15 is 0 Å². The van der Waals surface area contributed by atoms with E-state index in [1.807, 2.05) is 30.3 Å². The molecule has 1 heterocycles. The average Bonchev–Trinajstić information content (AvgIpc) is 2.61. The van der Waals surface area contributed by atoms with Crippen molar-refractivity contribution in [2.75, 3.05) is 22.9 Å². The third-order valence-electron chi connectivity index (χ3n) is 3.99. The number of anilines is 2. The lowest BCUT2D eigenvalue weighted by Gasteiger charge is -2.25. The number of rotatable bonds is 7. The minimum Gasteiger partial charge on any atom is -0.357 e. The highest BCUT2D eigenvalue weighted by molar-refractivity contribution is 6.30. The summed E-state index contributed by atoms with van der Waals surface area (Å²) in [5.74, 6) is 0.754. The van der Waals surface area contributed by atoms with E-state index in [4.69, 9.17) is 22.3 Å². The molecule has 5 nitrogen and oxygen atoms in total. The molecule has 2 N–H and O–H groups in total. The molecule has 6 heteroatoms. The first-order chi connectivity index (χ1) is 12.0. The number of carbonyl (C=O) groups excluding carboxylic acids is 1. The largest absolute Gasteiger partial charge is 0.357 e. The summed E-state index contributed by atoms with van der Waals surface area (Å²) in [6.07, 6.45) is 0. The van der Waals surface area contributed by atoms with Crippen LogP contribution in [-0.4, -0.2) is 30.0 Å². The van der Waals surface area contributed by atoms with Crippen LogP contribution in [0.4, 0.5) is 11.5 Å². The zero-order valence-electron chi connectivity index (χ0n) is 14.9. The van der Waals surface area contributed by atoms with Crippen molar-refractivity contribution in [3.05, 3.63) is 53.2 Å². The summed E-state index contributed by atoms with van der Waals surface area (Å²) in [4.78, 5) is 21.1. The van der Waals surface area contributed by atoms with E-state index in [2.05, 4.69) is 18.7 Å². The van der Waals surface area contributed by atoms with Gasteiger partial charge >= 0.3 is 0 Å². The second-order valence-corrected chi connectivity index (χ2v) is 6.29. The molecule has 2 rings (SSSR count). The van der Waals surface area contributed by atoms with Gasteiger partial charge in [0, 0.05) is 23.8 Å². The molecule has 1 aromatic carbocycles. The van der Waals surface area contributed by atoms with Crippen molar-refractivity contribution < 1.29 is 4.79 Å². The molecule has 1 atom stereocenters. The predicted octanol–water partition coefficient (Wildman–Crippen LogP) is 3.46. The fraction of sp³-hybridized carbons (Fsp3) is 0.368. The highest BCUT2D eigenvalue weighted by atomic mass is 35.5. The lowest BCUT2D eigenvalue weighted by atomic mass is 10.2. The lowest BCUT2D eigenvalue weighted by Crippen LogP contribution is -2.42. The van der Waals surface area contributed by atoms with Gasteiger partial charge in [-0.05, 0) is 57.2 Å². The Bertz CT molecular complexity index is 699. The fourth-order valence-corrected chi connectivity index (χ4v) is 2.73. The van der Waals surface area contributed by atoms with Crippen LogP contribution in [0.5, 0.6) is 0 Å². The zero-order chi connectivity index (χ0) is 18.4. The van der Waals surface area contributed by atoms with Crippen molar-refractivity contribution >= 4 is 29.0 Å². The number of aromatic nitrogens is 1. The maximum Gasteiger partial charge on any atom is 0.243 e. The second-order valence-electron chi connectivity index (χ2n) is 5.85. The topological polar surface area (TPSA) is 62.5 Å². The summed E-state index contributed by atoms with van der Waals surface area (Å²) in [5.41, 5.74) is 7.40. The Hall–Kier alpha value is -2.11. The molecule has 0 aliphatic rings. The van der Waals surface area contributed by atoms with Gasteiger partial charge in [-0.2, -0.15) is 0 Å². The van der Waals surface area contributed by atoms with E-state index in [0.29, 0.717) is 11.6 Å². The van der Waals surface area contributed by atoms with E-state index in [1.54, 1.807) is 24.0 Å². The van der Waals surface area contributed by atoms with Crippen molar-refractivity contribution in [2.45, 2.75) is 33.4 Å². The van der Waals surface area contributed by atoms with Crippen molar-refractivity contribution in [3.63, 3.8) is 0 Å². The molecule has 0 aliphatic carbocycles. The highest BCUT2D eigenvalue weighted by Gasteiger charge is 2.20. The molecule has 1 amide bonds. The van der Waals surface area contributed by atoms with Crippen molar-refractivity contribution in [1.82, 2.24) is 4.98 Å². The quantitative estimate of drug-likeness (QED) is 0.821. The van der Waals surface area contributed by atoms with Gasteiger partial charge in [-0.15, -0.1) is 0 Å². The van der Waals surface area contributed by atoms with Gasteiger partial charge in [0.25, 0.3) is 0 Å². The Kier molecular flexibility index (Phi) is 6.79. The number of carbonyl (C=O) groups is 1. The van der Waals surface area contributed by atoms with E-state index < -0.39 is 6.04 Å². The van der Waals surface area contributed by atoms with Crippen LogP contribution in [0.3, 0.4) is 0 Å². The summed E-state index contributed by atoms with van der Waals surface area (Å²) in [5, 5.41) is 0.624. The van der Waals surface area contributed by atoms with E-state index in [0.717, 1.165) is 30.3 Å². The van der Waals surface area contributed by atoms with Crippen LogP contribution in [0.25, 0.3) is 0 Å². The average molecular weight is 361 g/mol. The molecule has 0 saturated heterocycles. The summed E-state index contributed by atoms with van der Waals surface area (Å²) < 4.78 is 0. The van der Waals surface area contributed by atoms with Gasteiger partial charge in [-0.25, -0.2) is 4.98 Å². The van der Waals surface area contributed by atoms with Crippen LogP contribution < -0.4 is 15.5 Å². The SMILES string of the molecule is CCN(CC)c1cccc(CN(C(=O)[C@H](C)N)c2ccc(Cl)cc2)n1. The fourth-order valence-electron chi connectivity index (χ4n) is 2.60. The van der Waals surface area contributed by atoms with Crippen LogP contribution >= 0.6 is 11.6 Å². The summed E-state index contributed by atoms with van der Waals surface area (Å²) >= 11 is 5.96. The van der Waals surface area contributed by atoms with Crippen molar-refractivity contribution in [3.8, 4) is 0 Å².